The van der Waals surface area contributed by atoms with Gasteiger partial charge in [0.05, 0.1) is 12.8 Å². The van der Waals surface area contributed by atoms with Crippen LogP contribution in [0.2, 0.25) is 0 Å². The molecule has 0 bridgehead atoms. The Morgan fingerprint density at radius 3 is 2.50 bits per heavy atom. The number of anilines is 1. The van der Waals surface area contributed by atoms with Crippen molar-refractivity contribution in [2.24, 2.45) is 0 Å². The summed E-state index contributed by atoms with van der Waals surface area (Å²) in [4.78, 5) is 26.7. The summed E-state index contributed by atoms with van der Waals surface area (Å²) < 4.78 is 7.22. The highest BCUT2D eigenvalue weighted by atomic mass is 16.5. The molecule has 2 N–H and O–H groups in total. The number of hydrogen-bond donors (Lipinski definition) is 2. The average molecular weight is 455 g/mol. The predicted octanol–water partition coefficient (Wildman–Crippen LogP) is 3.38. The van der Waals surface area contributed by atoms with Crippen molar-refractivity contribution in [3.63, 3.8) is 0 Å². The third kappa shape index (κ3) is 3.60. The van der Waals surface area contributed by atoms with Crippen LogP contribution < -0.4 is 15.0 Å². The molecule has 3 heterocycles. The number of methoxy groups -OCH3 is 1. The highest BCUT2D eigenvalue weighted by Crippen LogP contribution is 2.28. The van der Waals surface area contributed by atoms with Crippen molar-refractivity contribution in [3.8, 4) is 22.8 Å². The summed E-state index contributed by atoms with van der Waals surface area (Å²) in [6.45, 7) is 3.94. The molecule has 0 saturated carbocycles. The van der Waals surface area contributed by atoms with E-state index >= 15 is 0 Å². The molecule has 1 aliphatic heterocycles. The van der Waals surface area contributed by atoms with E-state index in [0.717, 1.165) is 33.1 Å². The summed E-state index contributed by atoms with van der Waals surface area (Å²) in [5.41, 5.74) is 5.13. The van der Waals surface area contributed by atoms with Crippen molar-refractivity contribution in [2.45, 2.75) is 13.8 Å². The van der Waals surface area contributed by atoms with Gasteiger partial charge in [0.15, 0.2) is 0 Å². The molecule has 0 aliphatic carbocycles. The van der Waals surface area contributed by atoms with Crippen LogP contribution in [0.1, 0.15) is 17.0 Å². The number of benzene rings is 2. The van der Waals surface area contributed by atoms with Gasteiger partial charge >= 0.3 is 6.03 Å². The molecule has 0 spiro atoms. The number of hydrogen-bond acceptors (Lipinski definition) is 6. The topological polar surface area (TPSA) is 118 Å². The molecule has 3 amide bonds. The Morgan fingerprint density at radius 2 is 1.79 bits per heavy atom. The fraction of sp³-hybridized carbons (Fsp3) is 0.125. The highest BCUT2D eigenvalue weighted by Gasteiger charge is 2.35. The molecule has 10 heteroatoms. The van der Waals surface area contributed by atoms with Gasteiger partial charge in [-0.25, -0.2) is 9.69 Å². The van der Waals surface area contributed by atoms with Gasteiger partial charge in [-0.15, -0.1) is 10.2 Å². The maximum atomic E-state index is 13.0. The number of tetrazole rings is 1. The fourth-order valence-electron chi connectivity index (χ4n) is 4.06. The number of aromatic amines is 1. The summed E-state index contributed by atoms with van der Waals surface area (Å²) in [5, 5.41) is 16.8. The molecule has 1 fully saturated rings. The zero-order valence-corrected chi connectivity index (χ0v) is 18.7. The van der Waals surface area contributed by atoms with Gasteiger partial charge in [-0.05, 0) is 73.2 Å². The van der Waals surface area contributed by atoms with E-state index in [9.17, 15) is 9.59 Å². The number of amides is 3. The van der Waals surface area contributed by atoms with E-state index in [1.165, 1.54) is 0 Å². The summed E-state index contributed by atoms with van der Waals surface area (Å²) in [6, 6.07) is 16.0. The number of carbonyl (C=O) groups excluding carboxylic acids is 2. The molecule has 4 aromatic rings. The van der Waals surface area contributed by atoms with Gasteiger partial charge in [0.2, 0.25) is 5.82 Å². The molecule has 2 aromatic heterocycles. The van der Waals surface area contributed by atoms with Crippen LogP contribution in [0.5, 0.6) is 5.75 Å². The van der Waals surface area contributed by atoms with Crippen molar-refractivity contribution in [3.05, 3.63) is 77.2 Å². The monoisotopic (exact) mass is 455 g/mol. The number of urea groups is 1. The molecule has 2 aromatic carbocycles. The Labute approximate surface area is 194 Å². The van der Waals surface area contributed by atoms with Crippen LogP contribution in [-0.2, 0) is 4.79 Å². The van der Waals surface area contributed by atoms with E-state index in [4.69, 9.17) is 4.74 Å². The summed E-state index contributed by atoms with van der Waals surface area (Å²) in [7, 11) is 1.56. The Bertz CT molecular complexity index is 1420. The van der Waals surface area contributed by atoms with Crippen molar-refractivity contribution in [2.75, 3.05) is 12.0 Å². The minimum atomic E-state index is -0.497. The summed E-state index contributed by atoms with van der Waals surface area (Å²) in [6.07, 6.45) is 1.70. The third-order valence-corrected chi connectivity index (χ3v) is 5.69. The fourth-order valence-corrected chi connectivity index (χ4v) is 4.06. The van der Waals surface area contributed by atoms with Gasteiger partial charge in [-0.2, -0.15) is 5.21 Å². The third-order valence-electron chi connectivity index (χ3n) is 5.69. The molecule has 0 radical (unpaired) electrons. The van der Waals surface area contributed by atoms with Gasteiger partial charge < -0.3 is 14.6 Å². The second-order valence-electron chi connectivity index (χ2n) is 7.77. The molecule has 1 saturated heterocycles. The summed E-state index contributed by atoms with van der Waals surface area (Å²) in [5.74, 6) is 0.728. The van der Waals surface area contributed by atoms with Gasteiger partial charge in [-0.1, -0.05) is 12.1 Å². The Morgan fingerprint density at radius 1 is 1.00 bits per heavy atom. The summed E-state index contributed by atoms with van der Waals surface area (Å²) >= 11 is 0. The lowest BCUT2D eigenvalue weighted by Gasteiger charge is -2.12. The first-order valence-electron chi connectivity index (χ1n) is 10.5. The Balaban J connectivity index is 1.47. The molecule has 34 heavy (non-hydrogen) atoms. The van der Waals surface area contributed by atoms with E-state index in [1.54, 1.807) is 37.5 Å². The molecule has 0 unspecified atom stereocenters. The Hall–Kier alpha value is -4.73. The van der Waals surface area contributed by atoms with Crippen molar-refractivity contribution in [1.29, 1.82) is 0 Å². The minimum Gasteiger partial charge on any atom is -0.497 e. The zero-order valence-electron chi connectivity index (χ0n) is 18.7. The number of nitrogens with one attached hydrogen (secondary N) is 2. The molecular weight excluding hydrogens is 434 g/mol. The lowest BCUT2D eigenvalue weighted by molar-refractivity contribution is -0.113. The first kappa shape index (κ1) is 21.1. The van der Waals surface area contributed by atoms with Crippen LogP contribution in [0, 0.1) is 13.8 Å². The van der Waals surface area contributed by atoms with Crippen LogP contribution in [0.25, 0.3) is 23.2 Å². The number of aromatic nitrogens is 5. The van der Waals surface area contributed by atoms with Crippen LogP contribution in [0.4, 0.5) is 10.5 Å². The highest BCUT2D eigenvalue weighted by molar-refractivity contribution is 6.28. The quantitative estimate of drug-likeness (QED) is 0.352. The predicted molar refractivity (Wildman–Crippen MR) is 125 cm³/mol. The average Bonchev–Trinajstić information content (AvgIpc) is 3.54. The van der Waals surface area contributed by atoms with Crippen LogP contribution in [-0.4, -0.2) is 44.2 Å². The van der Waals surface area contributed by atoms with E-state index in [0.29, 0.717) is 17.3 Å². The minimum absolute atomic E-state index is 0.210. The second kappa shape index (κ2) is 8.32. The van der Waals surface area contributed by atoms with E-state index in [-0.39, 0.29) is 5.70 Å². The van der Waals surface area contributed by atoms with E-state index < -0.39 is 11.9 Å². The SMILES string of the molecule is COc1ccc(N2C(=O)N/C(=C\c3cc(C)n(-c4cccc(-c5nn[nH]n5)c4)c3C)C2=O)cc1. The van der Waals surface area contributed by atoms with E-state index in [1.807, 2.05) is 44.2 Å². The standard InChI is InChI=1S/C24H21N7O3/c1-14-11-17(15(2)30(14)19-6-4-5-16(12-19)22-26-28-29-27-22)13-21-23(32)31(24(33)25-21)18-7-9-20(34-3)10-8-18/h4-13H,1-3H3,(H,25,33)(H,26,27,28,29)/b21-13-. The lowest BCUT2D eigenvalue weighted by Crippen LogP contribution is -2.30. The first-order chi connectivity index (χ1) is 16.5. The first-order valence-corrected chi connectivity index (χ1v) is 10.5. The number of imide groups is 1. The molecular formula is C24H21N7O3. The molecule has 0 atom stereocenters. The van der Waals surface area contributed by atoms with Crippen molar-refractivity contribution in [1.82, 2.24) is 30.5 Å². The van der Waals surface area contributed by atoms with Crippen molar-refractivity contribution >= 4 is 23.7 Å². The zero-order chi connectivity index (χ0) is 23.8. The molecule has 10 nitrogen and oxygen atoms in total. The van der Waals surface area contributed by atoms with Gasteiger partial charge in [-0.3, -0.25) is 4.79 Å². The maximum absolute atomic E-state index is 13.0. The van der Waals surface area contributed by atoms with Gasteiger partial charge in [0.1, 0.15) is 11.4 Å². The molecule has 170 valence electrons. The number of carbonyl (C=O) groups is 2. The van der Waals surface area contributed by atoms with Gasteiger partial charge in [0.25, 0.3) is 5.91 Å². The van der Waals surface area contributed by atoms with Crippen LogP contribution >= 0.6 is 0 Å². The lowest BCUT2D eigenvalue weighted by atomic mass is 10.1. The number of H-pyrrole nitrogens is 1. The smallest absolute Gasteiger partial charge is 0.333 e. The van der Waals surface area contributed by atoms with Crippen molar-refractivity contribution < 1.29 is 14.3 Å². The van der Waals surface area contributed by atoms with E-state index in [2.05, 4.69) is 30.5 Å². The van der Waals surface area contributed by atoms with Crippen LogP contribution in [0.15, 0.2) is 60.3 Å². The maximum Gasteiger partial charge on any atom is 0.333 e. The Kier molecular flexibility index (Phi) is 5.17. The van der Waals surface area contributed by atoms with Crippen LogP contribution in [0.3, 0.4) is 0 Å². The molecule has 1 aliphatic rings. The second-order valence-corrected chi connectivity index (χ2v) is 7.77. The number of nitrogens with zero attached hydrogens (tertiary/aromatic N) is 5. The number of ether oxygens (including phenoxy) is 1. The normalized spacial score (nSPS) is 14.7. The number of aryl methyl sites for hydroxylation is 1. The van der Waals surface area contributed by atoms with Gasteiger partial charge in [0, 0.05) is 22.6 Å². The number of rotatable bonds is 5. The largest absolute Gasteiger partial charge is 0.497 e. The molecule has 5 rings (SSSR count).